The number of hydrogen-bond donors (Lipinski definition) is 3. The molecule has 1 atom stereocenters. The van der Waals surface area contributed by atoms with Crippen LogP contribution in [0.15, 0.2) is 22.7 Å². The molecule has 0 unspecified atom stereocenters. The average Bonchev–Trinajstić information content (AvgIpc) is 2.44. The second kappa shape index (κ2) is 8.09. The second-order valence-corrected chi connectivity index (χ2v) is 5.87. The standard InChI is InChI=1S/C14H19BrFN3O2/c1-8(2)13(17)14(21)19-7-12(20)18-6-9-3-4-10(15)11(16)5-9/h3-5,8,13H,6-7,17H2,1-2H3,(H,18,20)(H,19,21)/t13-/m0/s1. The molecule has 0 aromatic heterocycles. The molecule has 2 amide bonds. The van der Waals surface area contributed by atoms with Crippen LogP contribution in [0.2, 0.25) is 0 Å². The van der Waals surface area contributed by atoms with Gasteiger partial charge in [0.15, 0.2) is 0 Å². The van der Waals surface area contributed by atoms with E-state index in [9.17, 15) is 14.0 Å². The molecule has 0 fully saturated rings. The normalized spacial score (nSPS) is 12.1. The number of rotatable bonds is 6. The van der Waals surface area contributed by atoms with Crippen molar-refractivity contribution in [2.75, 3.05) is 6.54 Å². The first-order valence-corrected chi connectivity index (χ1v) is 7.34. The Morgan fingerprint density at radius 2 is 2.00 bits per heavy atom. The van der Waals surface area contributed by atoms with Gasteiger partial charge in [0.1, 0.15) is 5.82 Å². The highest BCUT2D eigenvalue weighted by molar-refractivity contribution is 9.10. The Labute approximate surface area is 131 Å². The van der Waals surface area contributed by atoms with Gasteiger partial charge in [0.2, 0.25) is 11.8 Å². The molecule has 0 radical (unpaired) electrons. The highest BCUT2D eigenvalue weighted by Crippen LogP contribution is 2.16. The van der Waals surface area contributed by atoms with Crippen LogP contribution in [-0.4, -0.2) is 24.4 Å². The fourth-order valence-electron chi connectivity index (χ4n) is 1.50. The summed E-state index contributed by atoms with van der Waals surface area (Å²) in [7, 11) is 0. The summed E-state index contributed by atoms with van der Waals surface area (Å²) >= 11 is 3.05. The molecule has 1 aromatic carbocycles. The van der Waals surface area contributed by atoms with E-state index in [4.69, 9.17) is 5.73 Å². The fraction of sp³-hybridized carbons (Fsp3) is 0.429. The average molecular weight is 360 g/mol. The molecule has 0 spiro atoms. The summed E-state index contributed by atoms with van der Waals surface area (Å²) < 4.78 is 13.7. The smallest absolute Gasteiger partial charge is 0.239 e. The van der Waals surface area contributed by atoms with Crippen LogP contribution >= 0.6 is 15.9 Å². The molecule has 0 aliphatic heterocycles. The van der Waals surface area contributed by atoms with Crippen molar-refractivity contribution in [1.29, 1.82) is 0 Å². The van der Waals surface area contributed by atoms with Gasteiger partial charge in [-0.15, -0.1) is 0 Å². The van der Waals surface area contributed by atoms with E-state index in [1.54, 1.807) is 12.1 Å². The fourth-order valence-corrected chi connectivity index (χ4v) is 1.75. The highest BCUT2D eigenvalue weighted by atomic mass is 79.9. The Hall–Kier alpha value is -1.47. The lowest BCUT2D eigenvalue weighted by Gasteiger charge is -2.15. The Kier molecular flexibility index (Phi) is 6.77. The predicted molar refractivity (Wildman–Crippen MR) is 81.8 cm³/mol. The lowest BCUT2D eigenvalue weighted by molar-refractivity contribution is -0.127. The van der Waals surface area contributed by atoms with Gasteiger partial charge >= 0.3 is 0 Å². The van der Waals surface area contributed by atoms with Gasteiger partial charge in [0.25, 0.3) is 0 Å². The van der Waals surface area contributed by atoms with Crippen LogP contribution in [-0.2, 0) is 16.1 Å². The van der Waals surface area contributed by atoms with Crippen molar-refractivity contribution in [1.82, 2.24) is 10.6 Å². The van der Waals surface area contributed by atoms with Crippen LogP contribution < -0.4 is 16.4 Å². The predicted octanol–water partition coefficient (Wildman–Crippen LogP) is 1.30. The molecular formula is C14H19BrFN3O2. The van der Waals surface area contributed by atoms with Gasteiger partial charge in [-0.3, -0.25) is 9.59 Å². The number of nitrogens with two attached hydrogens (primary N) is 1. The lowest BCUT2D eigenvalue weighted by atomic mass is 10.1. The number of carbonyl (C=O) groups is 2. The summed E-state index contributed by atoms with van der Waals surface area (Å²) in [5, 5.41) is 5.06. The third-order valence-corrected chi connectivity index (χ3v) is 3.56. The second-order valence-electron chi connectivity index (χ2n) is 5.01. The minimum Gasteiger partial charge on any atom is -0.350 e. The molecule has 4 N–H and O–H groups in total. The number of hydrogen-bond acceptors (Lipinski definition) is 3. The molecule has 1 aromatic rings. The number of nitrogens with one attached hydrogen (secondary N) is 2. The minimum absolute atomic E-state index is 0.00111. The molecule has 7 heteroatoms. The zero-order chi connectivity index (χ0) is 16.0. The van der Waals surface area contributed by atoms with Crippen LogP contribution in [0.4, 0.5) is 4.39 Å². The maximum atomic E-state index is 13.3. The van der Waals surface area contributed by atoms with Crippen molar-refractivity contribution >= 4 is 27.7 Å². The SMILES string of the molecule is CC(C)[C@H](N)C(=O)NCC(=O)NCc1ccc(Br)c(F)c1. The van der Waals surface area contributed by atoms with Crippen molar-refractivity contribution in [3.05, 3.63) is 34.1 Å². The molecular weight excluding hydrogens is 341 g/mol. The molecule has 116 valence electrons. The Bertz CT molecular complexity index is 523. The number of amides is 2. The van der Waals surface area contributed by atoms with Crippen LogP contribution in [0.1, 0.15) is 19.4 Å². The first-order valence-electron chi connectivity index (χ1n) is 6.55. The van der Waals surface area contributed by atoms with Gasteiger partial charge in [-0.25, -0.2) is 4.39 Å². The molecule has 0 heterocycles. The van der Waals surface area contributed by atoms with Crippen LogP contribution in [0.25, 0.3) is 0 Å². The van der Waals surface area contributed by atoms with Crippen molar-refractivity contribution in [3.63, 3.8) is 0 Å². The molecule has 5 nitrogen and oxygen atoms in total. The van der Waals surface area contributed by atoms with E-state index in [1.807, 2.05) is 13.8 Å². The largest absolute Gasteiger partial charge is 0.350 e. The van der Waals surface area contributed by atoms with Crippen molar-refractivity contribution in [2.24, 2.45) is 11.7 Å². The lowest BCUT2D eigenvalue weighted by Crippen LogP contribution is -2.47. The van der Waals surface area contributed by atoms with Gasteiger partial charge in [0, 0.05) is 6.54 Å². The van der Waals surface area contributed by atoms with Gasteiger partial charge < -0.3 is 16.4 Å². The molecule has 0 saturated carbocycles. The summed E-state index contributed by atoms with van der Waals surface area (Å²) in [5.41, 5.74) is 6.29. The maximum absolute atomic E-state index is 13.3. The zero-order valence-electron chi connectivity index (χ0n) is 12.0. The number of halogens is 2. The van der Waals surface area contributed by atoms with Gasteiger partial charge in [-0.1, -0.05) is 19.9 Å². The molecule has 1 rings (SSSR count). The van der Waals surface area contributed by atoms with Gasteiger partial charge in [0.05, 0.1) is 17.1 Å². The van der Waals surface area contributed by atoms with E-state index in [2.05, 4.69) is 26.6 Å². The Morgan fingerprint density at radius 1 is 1.33 bits per heavy atom. The monoisotopic (exact) mass is 359 g/mol. The maximum Gasteiger partial charge on any atom is 0.239 e. The molecule has 21 heavy (non-hydrogen) atoms. The Balaban J connectivity index is 2.37. The van der Waals surface area contributed by atoms with Crippen molar-refractivity contribution in [2.45, 2.75) is 26.4 Å². The van der Waals surface area contributed by atoms with Crippen molar-refractivity contribution < 1.29 is 14.0 Å². The summed E-state index contributed by atoms with van der Waals surface area (Å²) in [4.78, 5) is 23.2. The highest BCUT2D eigenvalue weighted by Gasteiger charge is 2.17. The summed E-state index contributed by atoms with van der Waals surface area (Å²) in [6, 6.07) is 3.96. The summed E-state index contributed by atoms with van der Waals surface area (Å²) in [5.74, 6) is -1.12. The minimum atomic E-state index is -0.640. The summed E-state index contributed by atoms with van der Waals surface area (Å²) in [6.07, 6.45) is 0. The zero-order valence-corrected chi connectivity index (χ0v) is 13.5. The van der Waals surface area contributed by atoms with Gasteiger partial charge in [-0.05, 0) is 39.5 Å². The van der Waals surface area contributed by atoms with Crippen LogP contribution in [0, 0.1) is 11.7 Å². The first-order chi connectivity index (χ1) is 9.81. The first kappa shape index (κ1) is 17.6. The molecule has 0 saturated heterocycles. The number of carbonyl (C=O) groups excluding carboxylic acids is 2. The van der Waals surface area contributed by atoms with E-state index < -0.39 is 11.9 Å². The molecule has 0 aliphatic rings. The molecule has 0 aliphatic carbocycles. The number of benzene rings is 1. The third-order valence-electron chi connectivity index (χ3n) is 2.92. The van der Waals surface area contributed by atoms with E-state index in [0.29, 0.717) is 10.0 Å². The van der Waals surface area contributed by atoms with E-state index in [1.165, 1.54) is 6.07 Å². The molecule has 0 bridgehead atoms. The van der Waals surface area contributed by atoms with Gasteiger partial charge in [-0.2, -0.15) is 0 Å². The Morgan fingerprint density at radius 3 is 2.57 bits per heavy atom. The van der Waals surface area contributed by atoms with Crippen LogP contribution in [0.5, 0.6) is 0 Å². The van der Waals surface area contributed by atoms with Crippen molar-refractivity contribution in [3.8, 4) is 0 Å². The topological polar surface area (TPSA) is 84.2 Å². The van der Waals surface area contributed by atoms with E-state index in [-0.39, 0.29) is 30.8 Å². The van der Waals surface area contributed by atoms with E-state index >= 15 is 0 Å². The van der Waals surface area contributed by atoms with Crippen LogP contribution in [0.3, 0.4) is 0 Å². The summed E-state index contributed by atoms with van der Waals surface area (Å²) in [6.45, 7) is 3.69. The quantitative estimate of drug-likeness (QED) is 0.715. The van der Waals surface area contributed by atoms with E-state index in [0.717, 1.165) is 0 Å². The third kappa shape index (κ3) is 5.81.